The molecular weight excluding hydrogens is 532 g/mol. The Morgan fingerprint density at radius 1 is 0.650 bits per heavy atom. The van der Waals surface area contributed by atoms with E-state index in [4.69, 9.17) is 16.3 Å². The van der Waals surface area contributed by atoms with Gasteiger partial charge in [-0.25, -0.2) is 4.79 Å². The predicted octanol–water partition coefficient (Wildman–Crippen LogP) is 7.69. The molecule has 1 aliphatic rings. The van der Waals surface area contributed by atoms with Crippen molar-refractivity contribution in [2.75, 3.05) is 13.2 Å². The summed E-state index contributed by atoms with van der Waals surface area (Å²) >= 11 is 5.95. The number of carbonyl (C=O) groups is 5. The second-order valence-corrected chi connectivity index (χ2v) is 11.4. The fourth-order valence-electron chi connectivity index (χ4n) is 4.87. The van der Waals surface area contributed by atoms with Crippen molar-refractivity contribution in [2.24, 2.45) is 0 Å². The average molecular weight is 585 g/mol. The number of hydrogen-bond acceptors (Lipinski definition) is 6. The number of rotatable bonds is 24. The molecule has 1 aliphatic heterocycles. The van der Waals surface area contributed by atoms with E-state index < -0.39 is 41.6 Å². The summed E-state index contributed by atoms with van der Waals surface area (Å²) in [5.41, 5.74) is 0. The topological polar surface area (TPSA) is 101 Å². The lowest BCUT2D eigenvalue weighted by Crippen LogP contribution is -2.63. The molecule has 40 heavy (non-hydrogen) atoms. The highest BCUT2D eigenvalue weighted by molar-refractivity contribution is 6.46. The molecule has 8 nitrogen and oxygen atoms in total. The van der Waals surface area contributed by atoms with Crippen LogP contribution in [-0.4, -0.2) is 58.1 Å². The van der Waals surface area contributed by atoms with E-state index in [-0.39, 0.29) is 13.0 Å². The molecule has 0 aromatic rings. The van der Waals surface area contributed by atoms with Gasteiger partial charge in [-0.2, -0.15) is 4.90 Å². The summed E-state index contributed by atoms with van der Waals surface area (Å²) in [6.45, 7) is 3.92. The van der Waals surface area contributed by atoms with Gasteiger partial charge in [-0.3, -0.25) is 24.1 Å². The number of esters is 1. The molecule has 1 rings (SSSR count). The summed E-state index contributed by atoms with van der Waals surface area (Å²) in [6, 6.07) is -1.13. The van der Waals surface area contributed by atoms with Crippen molar-refractivity contribution < 1.29 is 28.7 Å². The van der Waals surface area contributed by atoms with E-state index >= 15 is 0 Å². The molecular formula is C31H53ClN2O6. The Kier molecular flexibility index (Phi) is 20.5. The van der Waals surface area contributed by atoms with Crippen LogP contribution in [0.15, 0.2) is 0 Å². The first-order valence-electron chi connectivity index (χ1n) is 15.9. The van der Waals surface area contributed by atoms with Crippen molar-refractivity contribution in [1.82, 2.24) is 9.80 Å². The van der Waals surface area contributed by atoms with Crippen LogP contribution < -0.4 is 0 Å². The highest BCUT2D eigenvalue weighted by Crippen LogP contribution is 2.20. The van der Waals surface area contributed by atoms with Gasteiger partial charge < -0.3 is 4.74 Å². The van der Waals surface area contributed by atoms with Crippen molar-refractivity contribution in [3.05, 3.63) is 0 Å². The van der Waals surface area contributed by atoms with Crippen LogP contribution in [0.2, 0.25) is 0 Å². The van der Waals surface area contributed by atoms with E-state index in [0.717, 1.165) is 38.5 Å². The van der Waals surface area contributed by atoms with E-state index in [1.807, 2.05) is 0 Å². The van der Waals surface area contributed by atoms with Crippen LogP contribution in [0.4, 0.5) is 4.79 Å². The molecule has 1 fully saturated rings. The maximum atomic E-state index is 12.8. The van der Waals surface area contributed by atoms with E-state index in [1.54, 1.807) is 0 Å². The highest BCUT2D eigenvalue weighted by atomic mass is 35.5. The van der Waals surface area contributed by atoms with Gasteiger partial charge in [0.05, 0.1) is 6.61 Å². The molecule has 1 saturated heterocycles. The molecule has 0 radical (unpaired) electrons. The molecule has 9 heteroatoms. The Morgan fingerprint density at radius 3 is 1.55 bits per heavy atom. The number of barbiturate groups is 1. The highest BCUT2D eigenvalue weighted by Gasteiger charge is 2.48. The lowest BCUT2D eigenvalue weighted by molar-refractivity contribution is -0.154. The zero-order chi connectivity index (χ0) is 29.6. The lowest BCUT2D eigenvalue weighted by Gasteiger charge is -2.33. The Hall–Kier alpha value is -1.96. The number of nitrogens with zero attached hydrogens (tertiary/aromatic N) is 2. The number of hydrogen-bond donors (Lipinski definition) is 0. The van der Waals surface area contributed by atoms with Crippen LogP contribution >= 0.6 is 11.6 Å². The summed E-state index contributed by atoms with van der Waals surface area (Å²) in [6.07, 6.45) is 22.3. The van der Waals surface area contributed by atoms with Crippen LogP contribution in [-0.2, 0) is 23.9 Å². The number of halogens is 1. The van der Waals surface area contributed by atoms with E-state index in [0.29, 0.717) is 22.6 Å². The second-order valence-electron chi connectivity index (χ2n) is 11.0. The van der Waals surface area contributed by atoms with Gasteiger partial charge in [0, 0.05) is 6.42 Å². The standard InChI is InChI=1S/C31H53ClN2O6/c1-3-5-7-9-11-13-15-17-19-21-23-26(35)34-30(38)28(32)29(37)33(31(34)39)25-27(36)40-24-22-20-18-16-14-12-10-8-6-4-2/h28H,3-25H2,1-2H3. The van der Waals surface area contributed by atoms with E-state index in [2.05, 4.69) is 13.8 Å². The minimum Gasteiger partial charge on any atom is -0.464 e. The maximum Gasteiger partial charge on any atom is 0.341 e. The van der Waals surface area contributed by atoms with Gasteiger partial charge in [0.1, 0.15) is 6.54 Å². The minimum atomic E-state index is -1.72. The fraction of sp³-hybridized carbons (Fsp3) is 0.839. The Labute approximate surface area is 246 Å². The van der Waals surface area contributed by atoms with E-state index in [1.165, 1.54) is 77.0 Å². The van der Waals surface area contributed by atoms with Gasteiger partial charge in [0.25, 0.3) is 11.8 Å². The van der Waals surface area contributed by atoms with Crippen LogP contribution in [0, 0.1) is 0 Å². The quantitative estimate of drug-likeness (QED) is 0.0499. The van der Waals surface area contributed by atoms with Crippen molar-refractivity contribution in [3.8, 4) is 0 Å². The monoisotopic (exact) mass is 584 g/mol. The molecule has 0 aliphatic carbocycles. The van der Waals surface area contributed by atoms with Gasteiger partial charge >= 0.3 is 12.0 Å². The molecule has 230 valence electrons. The minimum absolute atomic E-state index is 0.00278. The normalized spacial score (nSPS) is 15.7. The molecule has 1 unspecified atom stereocenters. The molecule has 1 heterocycles. The zero-order valence-corrected chi connectivity index (χ0v) is 25.8. The van der Waals surface area contributed by atoms with Crippen LogP contribution in [0.5, 0.6) is 0 Å². The first-order chi connectivity index (χ1) is 19.3. The molecule has 0 saturated carbocycles. The molecule has 0 N–H and O–H groups in total. The molecule has 0 aromatic carbocycles. The molecule has 0 spiro atoms. The summed E-state index contributed by atoms with van der Waals surface area (Å²) in [5, 5.41) is -1.72. The maximum absolute atomic E-state index is 12.8. The van der Waals surface area contributed by atoms with Crippen molar-refractivity contribution in [3.63, 3.8) is 0 Å². The van der Waals surface area contributed by atoms with Crippen molar-refractivity contribution >= 4 is 41.3 Å². The first-order valence-corrected chi connectivity index (χ1v) is 16.3. The Bertz CT molecular complexity index is 775. The van der Waals surface area contributed by atoms with Crippen molar-refractivity contribution in [1.29, 1.82) is 0 Å². The largest absolute Gasteiger partial charge is 0.464 e. The number of carbonyl (C=O) groups excluding carboxylic acids is 5. The predicted molar refractivity (Wildman–Crippen MR) is 158 cm³/mol. The molecule has 0 bridgehead atoms. The number of unbranched alkanes of at least 4 members (excludes halogenated alkanes) is 18. The Morgan fingerprint density at radius 2 is 1.07 bits per heavy atom. The number of imide groups is 4. The van der Waals surface area contributed by atoms with Gasteiger partial charge in [-0.05, 0) is 12.8 Å². The van der Waals surface area contributed by atoms with Crippen LogP contribution in [0.1, 0.15) is 149 Å². The third kappa shape index (κ3) is 14.6. The fourth-order valence-corrected chi connectivity index (χ4v) is 5.08. The third-order valence-electron chi connectivity index (χ3n) is 7.38. The molecule has 0 aromatic heterocycles. The van der Waals surface area contributed by atoms with Crippen molar-refractivity contribution in [2.45, 2.75) is 154 Å². The average Bonchev–Trinajstić information content (AvgIpc) is 2.94. The molecule has 5 amide bonds. The van der Waals surface area contributed by atoms with Crippen LogP contribution in [0.25, 0.3) is 0 Å². The van der Waals surface area contributed by atoms with Gasteiger partial charge in [0.2, 0.25) is 5.91 Å². The number of urea groups is 1. The van der Waals surface area contributed by atoms with E-state index in [9.17, 15) is 24.0 Å². The van der Waals surface area contributed by atoms with Gasteiger partial charge in [0.15, 0.2) is 5.38 Å². The lowest BCUT2D eigenvalue weighted by atomic mass is 10.1. The summed E-state index contributed by atoms with van der Waals surface area (Å²) in [7, 11) is 0. The number of alkyl halides is 1. The van der Waals surface area contributed by atoms with Gasteiger partial charge in [-0.15, -0.1) is 11.6 Å². The number of amides is 5. The summed E-state index contributed by atoms with van der Waals surface area (Å²) in [4.78, 5) is 63.7. The number of ether oxygens (including phenoxy) is 1. The summed E-state index contributed by atoms with van der Waals surface area (Å²) in [5.74, 6) is -3.52. The zero-order valence-electron chi connectivity index (χ0n) is 25.1. The smallest absolute Gasteiger partial charge is 0.341 e. The third-order valence-corrected chi connectivity index (χ3v) is 7.76. The first kappa shape index (κ1) is 36.1. The Balaban J connectivity index is 2.33. The SMILES string of the molecule is CCCCCCCCCCCCOC(=O)CN1C(=O)C(Cl)C(=O)N(C(=O)CCCCCCCCCCCC)C1=O. The molecule has 1 atom stereocenters. The van der Waals surface area contributed by atoms with Gasteiger partial charge in [-0.1, -0.05) is 129 Å². The summed E-state index contributed by atoms with van der Waals surface area (Å²) < 4.78 is 5.19. The van der Waals surface area contributed by atoms with Crippen LogP contribution in [0.3, 0.4) is 0 Å². The second kappa shape index (κ2) is 22.7.